The molecule has 0 saturated heterocycles. The summed E-state index contributed by atoms with van der Waals surface area (Å²) in [6.45, 7) is 0. The Morgan fingerprint density at radius 1 is 1.09 bits per heavy atom. The van der Waals surface area contributed by atoms with Crippen LogP contribution in [0.2, 0.25) is 0 Å². The van der Waals surface area contributed by atoms with Crippen LogP contribution in [0.25, 0.3) is 16.9 Å². The number of halogens is 4. The lowest BCUT2D eigenvalue weighted by Gasteiger charge is -2.07. The number of hydrogen-bond acceptors (Lipinski definition) is 3. The molecule has 9 heteroatoms. The molecule has 0 unspecified atom stereocenters. The highest BCUT2D eigenvalue weighted by molar-refractivity contribution is 9.10. The zero-order valence-corrected chi connectivity index (χ0v) is 13.4. The normalized spacial score (nSPS) is 11.9. The van der Waals surface area contributed by atoms with Crippen molar-refractivity contribution in [2.45, 2.75) is 6.18 Å². The molecule has 0 aliphatic rings. The molecule has 2 N–H and O–H groups in total. The van der Waals surface area contributed by atoms with E-state index >= 15 is 0 Å². The predicted molar refractivity (Wildman–Crippen MR) is 82.9 cm³/mol. The lowest BCUT2D eigenvalue weighted by molar-refractivity contribution is -0.140. The van der Waals surface area contributed by atoms with Crippen LogP contribution in [0.4, 0.5) is 19.0 Å². The topological polar surface area (TPSA) is 61.7 Å². The van der Waals surface area contributed by atoms with Crippen LogP contribution in [-0.4, -0.2) is 19.6 Å². The zero-order chi connectivity index (χ0) is 16.8. The van der Waals surface area contributed by atoms with E-state index in [1.165, 1.54) is 10.7 Å². The third-order valence-electron chi connectivity index (χ3n) is 3.24. The maximum atomic E-state index is 13.4. The minimum absolute atomic E-state index is 0.113. The van der Waals surface area contributed by atoms with Gasteiger partial charge < -0.3 is 5.73 Å². The molecule has 120 valence electrons. The van der Waals surface area contributed by atoms with E-state index in [0.29, 0.717) is 5.56 Å². The van der Waals surface area contributed by atoms with Gasteiger partial charge in [-0.1, -0.05) is 28.1 Å². The number of alkyl halides is 3. The lowest BCUT2D eigenvalue weighted by atomic mass is 10.1. The van der Waals surface area contributed by atoms with E-state index in [4.69, 9.17) is 5.73 Å². The van der Waals surface area contributed by atoms with Crippen molar-refractivity contribution in [1.82, 2.24) is 19.6 Å². The van der Waals surface area contributed by atoms with Gasteiger partial charge in [-0.05, 0) is 17.7 Å². The second kappa shape index (κ2) is 5.41. The van der Waals surface area contributed by atoms with Crippen LogP contribution in [0.15, 0.2) is 41.0 Å². The number of nitrogen functional groups attached to an aromatic ring is 1. The monoisotopic (exact) mass is 385 g/mol. The SMILES string of the molecule is Cn1ccc(-n2nc(C(F)(F)F)c(-c3ccc(Br)cc3)c2N)n1. The van der Waals surface area contributed by atoms with Gasteiger partial charge in [0.1, 0.15) is 5.82 Å². The van der Waals surface area contributed by atoms with Crippen molar-refractivity contribution < 1.29 is 13.2 Å². The zero-order valence-electron chi connectivity index (χ0n) is 11.8. The minimum atomic E-state index is -4.63. The first-order valence-electron chi connectivity index (χ1n) is 6.49. The van der Waals surface area contributed by atoms with Crippen LogP contribution in [0.3, 0.4) is 0 Å². The largest absolute Gasteiger partial charge is 0.435 e. The molecule has 23 heavy (non-hydrogen) atoms. The number of aryl methyl sites for hydroxylation is 1. The van der Waals surface area contributed by atoms with Crippen LogP contribution < -0.4 is 5.73 Å². The molecular formula is C14H11BrF3N5. The summed E-state index contributed by atoms with van der Waals surface area (Å²) in [5, 5.41) is 7.69. The van der Waals surface area contributed by atoms with Crippen LogP contribution >= 0.6 is 15.9 Å². The van der Waals surface area contributed by atoms with E-state index in [-0.39, 0.29) is 17.2 Å². The van der Waals surface area contributed by atoms with Gasteiger partial charge in [0, 0.05) is 23.8 Å². The number of rotatable bonds is 2. The summed E-state index contributed by atoms with van der Waals surface area (Å²) in [6, 6.07) is 7.93. The Morgan fingerprint density at radius 3 is 2.26 bits per heavy atom. The van der Waals surface area contributed by atoms with Crippen molar-refractivity contribution in [3.8, 4) is 16.9 Å². The molecule has 3 rings (SSSR count). The summed E-state index contributed by atoms with van der Waals surface area (Å²) in [7, 11) is 1.66. The second-order valence-electron chi connectivity index (χ2n) is 4.87. The maximum Gasteiger partial charge on any atom is 0.435 e. The molecule has 0 amide bonds. The molecule has 0 aliphatic carbocycles. The van der Waals surface area contributed by atoms with E-state index in [1.807, 2.05) is 0 Å². The maximum absolute atomic E-state index is 13.4. The third-order valence-corrected chi connectivity index (χ3v) is 3.77. The smallest absolute Gasteiger partial charge is 0.383 e. The van der Waals surface area contributed by atoms with E-state index in [9.17, 15) is 13.2 Å². The number of hydrogen-bond donors (Lipinski definition) is 1. The van der Waals surface area contributed by atoms with Gasteiger partial charge in [-0.15, -0.1) is 0 Å². The fourth-order valence-electron chi connectivity index (χ4n) is 2.22. The molecule has 0 saturated carbocycles. The average molecular weight is 386 g/mol. The second-order valence-corrected chi connectivity index (χ2v) is 5.79. The molecule has 0 aliphatic heterocycles. The number of nitrogens with two attached hydrogens (primary N) is 1. The van der Waals surface area contributed by atoms with E-state index in [0.717, 1.165) is 9.15 Å². The van der Waals surface area contributed by atoms with Gasteiger partial charge in [-0.25, -0.2) is 0 Å². The Balaban J connectivity index is 2.25. The fourth-order valence-corrected chi connectivity index (χ4v) is 2.49. The number of anilines is 1. The highest BCUT2D eigenvalue weighted by Gasteiger charge is 2.39. The number of aromatic nitrogens is 4. The van der Waals surface area contributed by atoms with Gasteiger partial charge in [0.15, 0.2) is 11.5 Å². The Bertz CT molecular complexity index is 848. The quantitative estimate of drug-likeness (QED) is 0.732. The van der Waals surface area contributed by atoms with Crippen LogP contribution in [0, 0.1) is 0 Å². The van der Waals surface area contributed by atoms with E-state index < -0.39 is 11.9 Å². The molecule has 1 aromatic carbocycles. The van der Waals surface area contributed by atoms with Gasteiger partial charge in [-0.2, -0.15) is 28.1 Å². The third kappa shape index (κ3) is 2.83. The van der Waals surface area contributed by atoms with Crippen molar-refractivity contribution >= 4 is 21.7 Å². The molecule has 2 heterocycles. The van der Waals surface area contributed by atoms with E-state index in [2.05, 4.69) is 26.1 Å². The first-order chi connectivity index (χ1) is 10.8. The van der Waals surface area contributed by atoms with Crippen LogP contribution in [0.5, 0.6) is 0 Å². The Hall–Kier alpha value is -2.29. The Kier molecular flexibility index (Phi) is 3.67. The molecule has 0 fully saturated rings. The van der Waals surface area contributed by atoms with E-state index in [1.54, 1.807) is 37.5 Å². The average Bonchev–Trinajstić information content (AvgIpc) is 3.03. The van der Waals surface area contributed by atoms with Crippen LogP contribution in [-0.2, 0) is 13.2 Å². The fraction of sp³-hybridized carbons (Fsp3) is 0.143. The molecule has 2 aromatic heterocycles. The van der Waals surface area contributed by atoms with Crippen molar-refractivity contribution in [3.05, 3.63) is 46.7 Å². The van der Waals surface area contributed by atoms with Crippen molar-refractivity contribution in [2.24, 2.45) is 7.05 Å². The summed E-state index contributed by atoms with van der Waals surface area (Å²) >= 11 is 3.25. The van der Waals surface area contributed by atoms with Crippen molar-refractivity contribution in [3.63, 3.8) is 0 Å². The first kappa shape index (κ1) is 15.6. The molecule has 0 spiro atoms. The molecular weight excluding hydrogens is 375 g/mol. The molecule has 0 atom stereocenters. The standard InChI is InChI=1S/C14H11BrF3N5/c1-22-7-6-10(20-22)23-13(19)11(12(21-23)14(16,17)18)8-2-4-9(15)5-3-8/h2-7H,19H2,1H3. The summed E-state index contributed by atoms with van der Waals surface area (Å²) in [6.07, 6.45) is -3.03. The summed E-state index contributed by atoms with van der Waals surface area (Å²) in [5.74, 6) is 0.109. The molecule has 0 radical (unpaired) electrons. The predicted octanol–water partition coefficient (Wildman–Crippen LogP) is 3.64. The molecule has 5 nitrogen and oxygen atoms in total. The Morgan fingerprint density at radius 2 is 1.74 bits per heavy atom. The molecule has 3 aromatic rings. The Labute approximate surface area is 137 Å². The van der Waals surface area contributed by atoms with Crippen molar-refractivity contribution in [2.75, 3.05) is 5.73 Å². The highest BCUT2D eigenvalue weighted by Crippen LogP contribution is 2.40. The number of nitrogens with zero attached hydrogens (tertiary/aromatic N) is 4. The summed E-state index contributed by atoms with van der Waals surface area (Å²) < 4.78 is 43.3. The van der Waals surface area contributed by atoms with Crippen molar-refractivity contribution in [1.29, 1.82) is 0 Å². The van der Waals surface area contributed by atoms with Gasteiger partial charge >= 0.3 is 6.18 Å². The summed E-state index contributed by atoms with van der Waals surface area (Å²) in [5.41, 5.74) is 5.09. The van der Waals surface area contributed by atoms with Gasteiger partial charge in [0.05, 0.1) is 5.56 Å². The lowest BCUT2D eigenvalue weighted by Crippen LogP contribution is -2.09. The minimum Gasteiger partial charge on any atom is -0.383 e. The van der Waals surface area contributed by atoms with Gasteiger partial charge in [0.2, 0.25) is 0 Å². The highest BCUT2D eigenvalue weighted by atomic mass is 79.9. The summed E-state index contributed by atoms with van der Waals surface area (Å²) in [4.78, 5) is 0. The molecule has 0 bridgehead atoms. The van der Waals surface area contributed by atoms with Gasteiger partial charge in [-0.3, -0.25) is 4.68 Å². The first-order valence-corrected chi connectivity index (χ1v) is 7.28. The van der Waals surface area contributed by atoms with Gasteiger partial charge in [0.25, 0.3) is 0 Å². The number of benzene rings is 1. The van der Waals surface area contributed by atoms with Crippen LogP contribution in [0.1, 0.15) is 5.69 Å².